The van der Waals surface area contributed by atoms with Gasteiger partial charge in [-0.1, -0.05) is 24.3 Å². The summed E-state index contributed by atoms with van der Waals surface area (Å²) in [5, 5.41) is 3.59. The highest BCUT2D eigenvalue weighted by molar-refractivity contribution is 6.02. The summed E-state index contributed by atoms with van der Waals surface area (Å²) < 4.78 is 17.3. The first-order chi connectivity index (χ1) is 15.1. The van der Waals surface area contributed by atoms with Crippen LogP contribution in [0, 0.1) is 0 Å². The van der Waals surface area contributed by atoms with Crippen LogP contribution in [0.3, 0.4) is 0 Å². The van der Waals surface area contributed by atoms with E-state index in [1.165, 1.54) is 0 Å². The SMILES string of the molecule is CC1(c2cccc(OCC3CCCO3)c2)Nc2ccccc2C(=O)N1Cc1ccco1. The number of nitrogens with zero attached hydrogens (tertiary/aromatic N) is 1. The molecule has 1 saturated heterocycles. The minimum Gasteiger partial charge on any atom is -0.491 e. The van der Waals surface area contributed by atoms with E-state index in [1.54, 1.807) is 6.26 Å². The van der Waals surface area contributed by atoms with Gasteiger partial charge in [0.1, 0.15) is 23.8 Å². The van der Waals surface area contributed by atoms with Crippen LogP contribution in [-0.2, 0) is 16.9 Å². The summed E-state index contributed by atoms with van der Waals surface area (Å²) in [6.07, 6.45) is 3.89. The average Bonchev–Trinajstić information content (AvgIpc) is 3.50. The van der Waals surface area contributed by atoms with E-state index in [4.69, 9.17) is 13.9 Å². The standard InChI is InChI=1S/C25H26N2O4/c1-25(18-7-4-8-19(15-18)31-17-21-10-6-14-30-21)26-23-12-3-2-11-22(23)24(28)27(25)16-20-9-5-13-29-20/h2-5,7-9,11-13,15,21,26H,6,10,14,16-17H2,1H3. The lowest BCUT2D eigenvalue weighted by molar-refractivity contribution is 0.0485. The summed E-state index contributed by atoms with van der Waals surface area (Å²) in [7, 11) is 0. The Labute approximate surface area is 181 Å². The number of para-hydroxylation sites is 1. The molecule has 0 aliphatic carbocycles. The molecule has 1 aromatic heterocycles. The van der Waals surface area contributed by atoms with Crippen molar-refractivity contribution in [3.8, 4) is 5.75 Å². The first-order valence-corrected chi connectivity index (χ1v) is 10.7. The Morgan fingerprint density at radius 1 is 1.16 bits per heavy atom. The van der Waals surface area contributed by atoms with Crippen LogP contribution in [0.1, 0.15) is 41.4 Å². The molecule has 1 amide bonds. The Bertz CT molecular complexity index is 1060. The minimum atomic E-state index is -0.776. The number of hydrogen-bond acceptors (Lipinski definition) is 5. The summed E-state index contributed by atoms with van der Waals surface area (Å²) in [4.78, 5) is 15.3. The zero-order valence-corrected chi connectivity index (χ0v) is 17.5. The van der Waals surface area contributed by atoms with Crippen LogP contribution in [0.25, 0.3) is 0 Å². The molecule has 3 aromatic rings. The maximum absolute atomic E-state index is 13.5. The fourth-order valence-corrected chi connectivity index (χ4v) is 4.33. The monoisotopic (exact) mass is 418 g/mol. The van der Waals surface area contributed by atoms with Crippen molar-refractivity contribution >= 4 is 11.6 Å². The van der Waals surface area contributed by atoms with Gasteiger partial charge in [-0.15, -0.1) is 0 Å². The van der Waals surface area contributed by atoms with Crippen LogP contribution in [0.15, 0.2) is 71.3 Å². The molecule has 2 atom stereocenters. The van der Waals surface area contributed by atoms with E-state index in [9.17, 15) is 4.79 Å². The lowest BCUT2D eigenvalue weighted by Gasteiger charge is -2.46. The van der Waals surface area contributed by atoms with Crippen molar-refractivity contribution in [2.24, 2.45) is 0 Å². The van der Waals surface area contributed by atoms with Crippen molar-refractivity contribution in [3.05, 3.63) is 83.8 Å². The third-order valence-corrected chi connectivity index (χ3v) is 6.07. The number of anilines is 1. The quantitative estimate of drug-likeness (QED) is 0.624. The zero-order valence-electron chi connectivity index (χ0n) is 17.5. The fraction of sp³-hybridized carbons (Fsp3) is 0.320. The molecule has 2 aromatic carbocycles. The molecule has 160 valence electrons. The van der Waals surface area contributed by atoms with Gasteiger partial charge in [0.15, 0.2) is 0 Å². The maximum Gasteiger partial charge on any atom is 0.258 e. The molecule has 0 radical (unpaired) electrons. The third kappa shape index (κ3) is 3.79. The van der Waals surface area contributed by atoms with Crippen LogP contribution in [0.5, 0.6) is 5.75 Å². The highest BCUT2D eigenvalue weighted by Crippen LogP contribution is 2.39. The van der Waals surface area contributed by atoms with Crippen LogP contribution < -0.4 is 10.1 Å². The van der Waals surface area contributed by atoms with Crippen molar-refractivity contribution < 1.29 is 18.7 Å². The number of hydrogen-bond donors (Lipinski definition) is 1. The van der Waals surface area contributed by atoms with Gasteiger partial charge in [0.05, 0.1) is 24.5 Å². The minimum absolute atomic E-state index is 0.0427. The number of ether oxygens (including phenoxy) is 2. The number of carbonyl (C=O) groups excluding carboxylic acids is 1. The Kier molecular flexibility index (Phi) is 5.16. The number of carbonyl (C=O) groups is 1. The van der Waals surface area contributed by atoms with Gasteiger partial charge < -0.3 is 24.1 Å². The van der Waals surface area contributed by atoms with Gasteiger partial charge in [-0.05, 0) is 56.2 Å². The van der Waals surface area contributed by atoms with Crippen LogP contribution in [-0.4, -0.2) is 30.1 Å². The Hall–Kier alpha value is -3.25. The molecule has 5 rings (SSSR count). The van der Waals surface area contributed by atoms with Crippen molar-refractivity contribution in [1.29, 1.82) is 0 Å². The number of fused-ring (bicyclic) bond motifs is 1. The zero-order chi connectivity index (χ0) is 21.3. The van der Waals surface area contributed by atoms with E-state index >= 15 is 0 Å². The van der Waals surface area contributed by atoms with Crippen molar-refractivity contribution in [3.63, 3.8) is 0 Å². The van der Waals surface area contributed by atoms with Crippen molar-refractivity contribution in [1.82, 2.24) is 4.90 Å². The number of nitrogens with one attached hydrogen (secondary N) is 1. The number of rotatable bonds is 6. The van der Waals surface area contributed by atoms with Gasteiger partial charge >= 0.3 is 0 Å². The van der Waals surface area contributed by atoms with Crippen molar-refractivity contribution in [2.45, 2.75) is 38.1 Å². The lowest BCUT2D eigenvalue weighted by Crippen LogP contribution is -2.55. The Balaban J connectivity index is 1.48. The molecule has 2 aliphatic rings. The van der Waals surface area contributed by atoms with E-state index in [0.29, 0.717) is 18.7 Å². The van der Waals surface area contributed by atoms with E-state index in [2.05, 4.69) is 5.32 Å². The molecule has 0 bridgehead atoms. The largest absolute Gasteiger partial charge is 0.491 e. The van der Waals surface area contributed by atoms with Gasteiger partial charge in [0, 0.05) is 17.9 Å². The molecule has 3 heterocycles. The summed E-state index contributed by atoms with van der Waals surface area (Å²) >= 11 is 0. The molecule has 6 nitrogen and oxygen atoms in total. The second kappa shape index (κ2) is 8.12. The van der Waals surface area contributed by atoms with E-state index < -0.39 is 5.66 Å². The first kappa shape index (κ1) is 19.7. The van der Waals surface area contributed by atoms with Crippen LogP contribution >= 0.6 is 0 Å². The molecule has 0 spiro atoms. The molecular weight excluding hydrogens is 392 g/mol. The molecule has 31 heavy (non-hydrogen) atoms. The normalized spacial score (nSPS) is 22.8. The maximum atomic E-state index is 13.5. The molecule has 2 aliphatic heterocycles. The number of amides is 1. The molecule has 2 unspecified atom stereocenters. The van der Waals surface area contributed by atoms with Gasteiger partial charge in [-0.2, -0.15) is 0 Å². The molecule has 6 heteroatoms. The Morgan fingerprint density at radius 3 is 2.87 bits per heavy atom. The lowest BCUT2D eigenvalue weighted by atomic mass is 9.93. The predicted octanol–water partition coefficient (Wildman–Crippen LogP) is 4.78. The summed E-state index contributed by atoms with van der Waals surface area (Å²) in [5.74, 6) is 1.45. The topological polar surface area (TPSA) is 63.9 Å². The van der Waals surface area contributed by atoms with E-state index in [0.717, 1.165) is 42.2 Å². The Morgan fingerprint density at radius 2 is 2.06 bits per heavy atom. The highest BCUT2D eigenvalue weighted by Gasteiger charge is 2.43. The predicted molar refractivity (Wildman–Crippen MR) is 117 cm³/mol. The summed E-state index contributed by atoms with van der Waals surface area (Å²) in [6.45, 7) is 3.71. The number of benzene rings is 2. The van der Waals surface area contributed by atoms with E-state index in [1.807, 2.05) is 72.5 Å². The fourth-order valence-electron chi connectivity index (χ4n) is 4.33. The van der Waals surface area contributed by atoms with Gasteiger partial charge in [-0.25, -0.2) is 0 Å². The smallest absolute Gasteiger partial charge is 0.258 e. The van der Waals surface area contributed by atoms with Gasteiger partial charge in [0.2, 0.25) is 0 Å². The van der Waals surface area contributed by atoms with Crippen LogP contribution in [0.2, 0.25) is 0 Å². The summed E-state index contributed by atoms with van der Waals surface area (Å²) in [5.41, 5.74) is 1.63. The average molecular weight is 418 g/mol. The van der Waals surface area contributed by atoms with E-state index in [-0.39, 0.29) is 12.0 Å². The second-order valence-electron chi connectivity index (χ2n) is 8.19. The molecular formula is C25H26N2O4. The highest BCUT2D eigenvalue weighted by atomic mass is 16.5. The molecule has 0 saturated carbocycles. The molecule has 1 fully saturated rings. The number of furan rings is 1. The van der Waals surface area contributed by atoms with Gasteiger partial charge in [0.25, 0.3) is 5.91 Å². The van der Waals surface area contributed by atoms with Gasteiger partial charge in [-0.3, -0.25) is 4.79 Å². The van der Waals surface area contributed by atoms with Crippen LogP contribution in [0.4, 0.5) is 5.69 Å². The third-order valence-electron chi connectivity index (χ3n) is 6.07. The van der Waals surface area contributed by atoms with Crippen molar-refractivity contribution in [2.75, 3.05) is 18.5 Å². The molecule has 1 N–H and O–H groups in total. The second-order valence-corrected chi connectivity index (χ2v) is 8.19. The first-order valence-electron chi connectivity index (χ1n) is 10.7. The summed E-state index contributed by atoms with van der Waals surface area (Å²) in [6, 6.07) is 19.2.